The molecule has 1 heterocycles. The van der Waals surface area contributed by atoms with Crippen LogP contribution in [-0.4, -0.2) is 11.1 Å². The van der Waals surface area contributed by atoms with Crippen LogP contribution >= 0.6 is 0 Å². The Hall–Kier alpha value is -2.01. The molecule has 0 aliphatic carbocycles. The van der Waals surface area contributed by atoms with Gasteiger partial charge in [0.2, 0.25) is 0 Å². The Balaban J connectivity index is 2.43. The molecule has 0 spiro atoms. The van der Waals surface area contributed by atoms with Gasteiger partial charge in [-0.3, -0.25) is 4.79 Å². The molecule has 112 valence electrons. The van der Waals surface area contributed by atoms with Crippen molar-refractivity contribution in [1.82, 2.24) is 9.88 Å². The van der Waals surface area contributed by atoms with Gasteiger partial charge in [0.15, 0.2) is 5.43 Å². The summed E-state index contributed by atoms with van der Waals surface area (Å²) in [7, 11) is 0. The van der Waals surface area contributed by atoms with Crippen LogP contribution in [0.25, 0.3) is 5.69 Å². The van der Waals surface area contributed by atoms with Gasteiger partial charge in [-0.1, -0.05) is 6.92 Å². The first-order valence-electron chi connectivity index (χ1n) is 6.91. The highest BCUT2D eigenvalue weighted by atomic mass is 19.1. The summed E-state index contributed by atoms with van der Waals surface area (Å²) in [6.07, 6.45) is 2.57. The standard InChI is InChI=1S/C16H18F2N2O/c1-3-6-19-9-12-10-20(11(2)7-16(12)21)15-5-4-13(17)8-14(15)18/h4-5,7-8,10,19H,3,6,9H2,1-2H3. The molecule has 5 heteroatoms. The lowest BCUT2D eigenvalue weighted by Gasteiger charge is -2.14. The van der Waals surface area contributed by atoms with Crippen molar-refractivity contribution in [2.45, 2.75) is 26.8 Å². The number of benzene rings is 1. The Morgan fingerprint density at radius 3 is 2.67 bits per heavy atom. The van der Waals surface area contributed by atoms with Gasteiger partial charge in [0.05, 0.1) is 5.69 Å². The average molecular weight is 292 g/mol. The number of rotatable bonds is 5. The Morgan fingerprint density at radius 1 is 1.24 bits per heavy atom. The topological polar surface area (TPSA) is 34.0 Å². The molecule has 0 unspecified atom stereocenters. The molecule has 3 nitrogen and oxygen atoms in total. The monoisotopic (exact) mass is 292 g/mol. The maximum atomic E-state index is 13.9. The van der Waals surface area contributed by atoms with Crippen molar-refractivity contribution in [2.24, 2.45) is 0 Å². The summed E-state index contributed by atoms with van der Waals surface area (Å²) in [5.74, 6) is -1.28. The van der Waals surface area contributed by atoms with E-state index in [1.54, 1.807) is 17.7 Å². The minimum Gasteiger partial charge on any atom is -0.318 e. The maximum absolute atomic E-state index is 13.9. The number of nitrogens with one attached hydrogen (secondary N) is 1. The van der Waals surface area contributed by atoms with Crippen LogP contribution in [0.4, 0.5) is 8.78 Å². The predicted octanol–water partition coefficient (Wildman–Crippen LogP) is 2.92. The van der Waals surface area contributed by atoms with Gasteiger partial charge in [0.1, 0.15) is 11.6 Å². The number of halogens is 2. The quantitative estimate of drug-likeness (QED) is 0.860. The first-order chi connectivity index (χ1) is 10.0. The molecule has 0 radical (unpaired) electrons. The molecule has 1 aromatic heterocycles. The lowest BCUT2D eigenvalue weighted by atomic mass is 10.2. The fourth-order valence-electron chi connectivity index (χ4n) is 2.14. The Bertz CT molecular complexity index is 695. The minimum atomic E-state index is -0.658. The van der Waals surface area contributed by atoms with E-state index < -0.39 is 11.6 Å². The number of aromatic nitrogens is 1. The molecule has 0 atom stereocenters. The minimum absolute atomic E-state index is 0.0881. The van der Waals surface area contributed by atoms with Gasteiger partial charge in [-0.15, -0.1) is 0 Å². The van der Waals surface area contributed by atoms with Gasteiger partial charge in [0.25, 0.3) is 0 Å². The molecule has 0 amide bonds. The highest BCUT2D eigenvalue weighted by Gasteiger charge is 2.10. The first-order valence-corrected chi connectivity index (χ1v) is 6.91. The van der Waals surface area contributed by atoms with Crippen LogP contribution < -0.4 is 10.7 Å². The molecular weight excluding hydrogens is 274 g/mol. The molecule has 2 rings (SSSR count). The van der Waals surface area contributed by atoms with Crippen molar-refractivity contribution in [3.05, 3.63) is 63.6 Å². The van der Waals surface area contributed by atoms with Gasteiger partial charge in [-0.25, -0.2) is 8.78 Å². The van der Waals surface area contributed by atoms with E-state index in [0.29, 0.717) is 17.8 Å². The average Bonchev–Trinajstić information content (AvgIpc) is 2.42. The van der Waals surface area contributed by atoms with Crippen molar-refractivity contribution in [3.63, 3.8) is 0 Å². The Kier molecular flexibility index (Phi) is 4.85. The van der Waals surface area contributed by atoms with E-state index in [-0.39, 0.29) is 11.1 Å². The molecule has 0 saturated heterocycles. The van der Waals surface area contributed by atoms with Gasteiger partial charge >= 0.3 is 0 Å². The molecular formula is C16H18F2N2O. The smallest absolute Gasteiger partial charge is 0.186 e. The highest BCUT2D eigenvalue weighted by molar-refractivity contribution is 5.37. The third-order valence-electron chi connectivity index (χ3n) is 3.23. The second kappa shape index (κ2) is 6.63. The third kappa shape index (κ3) is 3.55. The molecule has 0 aliphatic heterocycles. The summed E-state index contributed by atoms with van der Waals surface area (Å²) in [5.41, 5.74) is 1.29. The van der Waals surface area contributed by atoms with E-state index >= 15 is 0 Å². The Labute approximate surface area is 122 Å². The SMILES string of the molecule is CCCNCc1cn(-c2ccc(F)cc2F)c(C)cc1=O. The molecule has 2 aromatic rings. The summed E-state index contributed by atoms with van der Waals surface area (Å²) in [5, 5.41) is 3.15. The van der Waals surface area contributed by atoms with Crippen molar-refractivity contribution in [2.75, 3.05) is 6.54 Å². The fraction of sp³-hybridized carbons (Fsp3) is 0.312. The molecule has 0 saturated carbocycles. The molecule has 1 N–H and O–H groups in total. The first kappa shape index (κ1) is 15.4. The second-order valence-electron chi connectivity index (χ2n) is 4.95. The summed E-state index contributed by atoms with van der Waals surface area (Å²) < 4.78 is 28.5. The van der Waals surface area contributed by atoms with Crippen LogP contribution in [0.5, 0.6) is 0 Å². The number of hydrogen-bond acceptors (Lipinski definition) is 2. The van der Waals surface area contributed by atoms with Gasteiger partial charge in [0, 0.05) is 36.1 Å². The fourth-order valence-corrected chi connectivity index (χ4v) is 2.14. The zero-order valence-corrected chi connectivity index (χ0v) is 12.1. The molecule has 21 heavy (non-hydrogen) atoms. The van der Waals surface area contributed by atoms with E-state index in [9.17, 15) is 13.6 Å². The molecule has 0 aliphatic rings. The van der Waals surface area contributed by atoms with E-state index in [1.807, 2.05) is 6.92 Å². The van der Waals surface area contributed by atoms with Crippen LogP contribution in [0, 0.1) is 18.6 Å². The normalized spacial score (nSPS) is 10.9. The molecule has 0 bridgehead atoms. The van der Waals surface area contributed by atoms with Gasteiger partial charge in [-0.2, -0.15) is 0 Å². The number of hydrogen-bond donors (Lipinski definition) is 1. The Morgan fingerprint density at radius 2 is 2.00 bits per heavy atom. The molecule has 0 fully saturated rings. The van der Waals surface area contributed by atoms with E-state index in [1.165, 1.54) is 18.2 Å². The molecule has 1 aromatic carbocycles. The number of nitrogens with zero attached hydrogens (tertiary/aromatic N) is 1. The lowest BCUT2D eigenvalue weighted by Crippen LogP contribution is -2.22. The number of aryl methyl sites for hydroxylation is 1. The second-order valence-corrected chi connectivity index (χ2v) is 4.95. The van der Waals surface area contributed by atoms with Crippen LogP contribution in [0.2, 0.25) is 0 Å². The van der Waals surface area contributed by atoms with E-state index in [0.717, 1.165) is 19.0 Å². The zero-order chi connectivity index (χ0) is 15.4. The van der Waals surface area contributed by atoms with Crippen LogP contribution in [0.15, 0.2) is 35.3 Å². The van der Waals surface area contributed by atoms with Crippen molar-refractivity contribution in [1.29, 1.82) is 0 Å². The van der Waals surface area contributed by atoms with Crippen LogP contribution in [0.3, 0.4) is 0 Å². The number of pyridine rings is 1. The lowest BCUT2D eigenvalue weighted by molar-refractivity contribution is 0.576. The van der Waals surface area contributed by atoms with Gasteiger partial charge in [-0.05, 0) is 32.0 Å². The van der Waals surface area contributed by atoms with E-state index in [2.05, 4.69) is 5.32 Å². The summed E-state index contributed by atoms with van der Waals surface area (Å²) in [6, 6.07) is 4.87. The predicted molar refractivity (Wildman–Crippen MR) is 78.7 cm³/mol. The van der Waals surface area contributed by atoms with Crippen LogP contribution in [0.1, 0.15) is 24.6 Å². The third-order valence-corrected chi connectivity index (χ3v) is 3.23. The summed E-state index contributed by atoms with van der Waals surface area (Å²) >= 11 is 0. The zero-order valence-electron chi connectivity index (χ0n) is 12.1. The summed E-state index contributed by atoms with van der Waals surface area (Å²) in [4.78, 5) is 11.9. The van der Waals surface area contributed by atoms with E-state index in [4.69, 9.17) is 0 Å². The maximum Gasteiger partial charge on any atom is 0.186 e. The highest BCUT2D eigenvalue weighted by Crippen LogP contribution is 2.16. The summed E-state index contributed by atoms with van der Waals surface area (Å²) in [6.45, 7) is 4.98. The van der Waals surface area contributed by atoms with Crippen molar-refractivity contribution >= 4 is 0 Å². The van der Waals surface area contributed by atoms with Crippen molar-refractivity contribution < 1.29 is 8.78 Å². The van der Waals surface area contributed by atoms with Crippen molar-refractivity contribution in [3.8, 4) is 5.69 Å². The van der Waals surface area contributed by atoms with Crippen LogP contribution in [-0.2, 0) is 6.54 Å². The largest absolute Gasteiger partial charge is 0.318 e. The van der Waals surface area contributed by atoms with Gasteiger partial charge < -0.3 is 9.88 Å².